The fourth-order valence-electron chi connectivity index (χ4n) is 2.97. The van der Waals surface area contributed by atoms with Crippen LogP contribution in [-0.4, -0.2) is 24.7 Å². The van der Waals surface area contributed by atoms with E-state index >= 15 is 0 Å². The fraction of sp³-hybridized carbons (Fsp3) is 0.588. The largest absolute Gasteiger partial charge is 0.504 e. The minimum absolute atomic E-state index is 0.0935. The average Bonchev–Trinajstić information content (AvgIpc) is 2.49. The number of benzene rings is 1. The number of phenolic OH excluding ortho intramolecular Hbond substituents is 1. The number of nitrogens with one attached hydrogen (secondary N) is 1. The molecular weight excluding hydrogens is 266 g/mol. The molecule has 116 valence electrons. The molecule has 2 N–H and O–H groups in total. The van der Waals surface area contributed by atoms with E-state index in [4.69, 9.17) is 4.74 Å². The lowest BCUT2D eigenvalue weighted by Gasteiger charge is -2.26. The predicted octanol–water partition coefficient (Wildman–Crippen LogP) is 3.35. The van der Waals surface area contributed by atoms with E-state index in [9.17, 15) is 9.90 Å². The van der Waals surface area contributed by atoms with Gasteiger partial charge < -0.3 is 15.2 Å². The van der Waals surface area contributed by atoms with Crippen LogP contribution in [0.4, 0.5) is 0 Å². The van der Waals surface area contributed by atoms with Gasteiger partial charge in [-0.3, -0.25) is 4.79 Å². The Morgan fingerprint density at radius 2 is 2.05 bits per heavy atom. The van der Waals surface area contributed by atoms with E-state index in [0.29, 0.717) is 12.3 Å². The molecule has 0 unspecified atom stereocenters. The van der Waals surface area contributed by atoms with E-state index in [1.165, 1.54) is 32.8 Å². The minimum atomic E-state index is -0.240. The van der Waals surface area contributed by atoms with Gasteiger partial charge in [-0.2, -0.15) is 0 Å². The van der Waals surface area contributed by atoms with Crippen molar-refractivity contribution in [2.24, 2.45) is 11.8 Å². The Kier molecular flexibility index (Phi) is 5.48. The van der Waals surface area contributed by atoms with Gasteiger partial charge in [0.2, 0.25) is 0 Å². The zero-order valence-electron chi connectivity index (χ0n) is 12.9. The Hall–Kier alpha value is -1.71. The van der Waals surface area contributed by atoms with Gasteiger partial charge in [0.05, 0.1) is 12.7 Å². The first-order valence-electron chi connectivity index (χ1n) is 7.76. The number of carbonyl (C=O) groups is 1. The number of aromatic hydroxyl groups is 1. The van der Waals surface area contributed by atoms with Gasteiger partial charge in [0.15, 0.2) is 11.5 Å². The van der Waals surface area contributed by atoms with Crippen LogP contribution in [0, 0.1) is 11.8 Å². The normalized spacial score (nSPS) is 21.8. The lowest BCUT2D eigenvalue weighted by Crippen LogP contribution is -2.27. The van der Waals surface area contributed by atoms with Crippen molar-refractivity contribution in [3.63, 3.8) is 0 Å². The highest BCUT2D eigenvalue weighted by Crippen LogP contribution is 2.31. The molecule has 1 saturated carbocycles. The maximum absolute atomic E-state index is 12.1. The molecule has 0 bridgehead atoms. The SMILES string of the molecule is COc1cccc(C(=O)NCCC2CCC(C)CC2)c1O. The Labute approximate surface area is 126 Å². The summed E-state index contributed by atoms with van der Waals surface area (Å²) in [5, 5.41) is 12.8. The van der Waals surface area contributed by atoms with Crippen LogP contribution in [0.15, 0.2) is 18.2 Å². The highest BCUT2D eigenvalue weighted by atomic mass is 16.5. The summed E-state index contributed by atoms with van der Waals surface area (Å²) < 4.78 is 5.02. The van der Waals surface area contributed by atoms with Crippen LogP contribution in [0.3, 0.4) is 0 Å². The van der Waals surface area contributed by atoms with Gasteiger partial charge in [-0.1, -0.05) is 38.7 Å². The summed E-state index contributed by atoms with van der Waals surface area (Å²) in [6.45, 7) is 2.97. The second kappa shape index (κ2) is 7.34. The number of para-hydroxylation sites is 1. The number of carbonyl (C=O) groups excluding carboxylic acids is 1. The molecule has 1 aliphatic carbocycles. The number of ether oxygens (including phenoxy) is 1. The molecule has 0 saturated heterocycles. The summed E-state index contributed by atoms with van der Waals surface area (Å²) in [6, 6.07) is 4.95. The maximum Gasteiger partial charge on any atom is 0.255 e. The fourth-order valence-corrected chi connectivity index (χ4v) is 2.97. The van der Waals surface area contributed by atoms with Crippen molar-refractivity contribution in [3.05, 3.63) is 23.8 Å². The molecule has 1 aromatic rings. The first-order chi connectivity index (χ1) is 10.1. The molecule has 0 radical (unpaired) electrons. The number of methoxy groups -OCH3 is 1. The van der Waals surface area contributed by atoms with Gasteiger partial charge in [-0.05, 0) is 30.4 Å². The highest BCUT2D eigenvalue weighted by molar-refractivity contribution is 5.97. The number of amides is 1. The molecule has 1 aromatic carbocycles. The highest BCUT2D eigenvalue weighted by Gasteiger charge is 2.19. The van der Waals surface area contributed by atoms with Gasteiger partial charge in [0.1, 0.15) is 0 Å². The molecule has 1 amide bonds. The van der Waals surface area contributed by atoms with Crippen molar-refractivity contribution in [1.29, 1.82) is 0 Å². The quantitative estimate of drug-likeness (QED) is 0.874. The number of phenols is 1. The summed E-state index contributed by atoms with van der Waals surface area (Å²) >= 11 is 0. The van der Waals surface area contributed by atoms with Crippen molar-refractivity contribution < 1.29 is 14.6 Å². The Morgan fingerprint density at radius 3 is 2.71 bits per heavy atom. The summed E-state index contributed by atoms with van der Waals surface area (Å²) in [7, 11) is 1.47. The zero-order chi connectivity index (χ0) is 15.2. The van der Waals surface area contributed by atoms with E-state index in [2.05, 4.69) is 12.2 Å². The minimum Gasteiger partial charge on any atom is -0.504 e. The Bertz CT molecular complexity index is 479. The summed E-state index contributed by atoms with van der Waals surface area (Å²) in [6.07, 6.45) is 6.15. The standard InChI is InChI=1S/C17H25NO3/c1-12-6-8-13(9-7-12)10-11-18-17(20)14-4-3-5-15(21-2)16(14)19/h3-5,12-13,19H,6-11H2,1-2H3,(H,18,20). The molecule has 2 rings (SSSR count). The second-order valence-electron chi connectivity index (χ2n) is 6.03. The van der Waals surface area contributed by atoms with Crippen LogP contribution in [0.1, 0.15) is 49.4 Å². The number of hydrogen-bond acceptors (Lipinski definition) is 3. The summed E-state index contributed by atoms with van der Waals surface area (Å²) in [5.41, 5.74) is 0.270. The third-order valence-corrected chi connectivity index (χ3v) is 4.44. The van der Waals surface area contributed by atoms with E-state index in [1.807, 2.05) is 0 Å². The second-order valence-corrected chi connectivity index (χ2v) is 6.03. The summed E-state index contributed by atoms with van der Waals surface area (Å²) in [5.74, 6) is 1.56. The van der Waals surface area contributed by atoms with Gasteiger partial charge in [-0.25, -0.2) is 0 Å². The molecule has 21 heavy (non-hydrogen) atoms. The van der Waals surface area contributed by atoms with Crippen LogP contribution >= 0.6 is 0 Å². The molecule has 0 heterocycles. The van der Waals surface area contributed by atoms with Gasteiger partial charge >= 0.3 is 0 Å². The average molecular weight is 291 g/mol. The molecule has 0 atom stereocenters. The Balaban J connectivity index is 1.82. The predicted molar refractivity (Wildman–Crippen MR) is 82.7 cm³/mol. The van der Waals surface area contributed by atoms with Crippen molar-refractivity contribution in [1.82, 2.24) is 5.32 Å². The maximum atomic E-state index is 12.1. The van der Waals surface area contributed by atoms with Gasteiger partial charge in [-0.15, -0.1) is 0 Å². The van der Waals surface area contributed by atoms with E-state index in [1.54, 1.807) is 18.2 Å². The molecule has 0 aliphatic heterocycles. The van der Waals surface area contributed by atoms with E-state index in [0.717, 1.165) is 18.3 Å². The third-order valence-electron chi connectivity index (χ3n) is 4.44. The molecule has 1 fully saturated rings. The van der Waals surface area contributed by atoms with Crippen molar-refractivity contribution in [3.8, 4) is 11.5 Å². The van der Waals surface area contributed by atoms with Gasteiger partial charge in [0.25, 0.3) is 5.91 Å². The van der Waals surface area contributed by atoms with Crippen LogP contribution in [0.2, 0.25) is 0 Å². The lowest BCUT2D eigenvalue weighted by atomic mass is 9.81. The third kappa shape index (κ3) is 4.13. The number of hydrogen-bond donors (Lipinski definition) is 2. The van der Waals surface area contributed by atoms with Crippen molar-refractivity contribution >= 4 is 5.91 Å². The molecule has 4 heteroatoms. The van der Waals surface area contributed by atoms with E-state index < -0.39 is 0 Å². The van der Waals surface area contributed by atoms with Gasteiger partial charge in [0, 0.05) is 6.54 Å². The van der Waals surface area contributed by atoms with Crippen LogP contribution in [0.5, 0.6) is 11.5 Å². The zero-order valence-corrected chi connectivity index (χ0v) is 12.9. The molecule has 0 spiro atoms. The molecule has 4 nitrogen and oxygen atoms in total. The topological polar surface area (TPSA) is 58.6 Å². The van der Waals surface area contributed by atoms with Crippen molar-refractivity contribution in [2.45, 2.75) is 39.0 Å². The molecule has 0 aromatic heterocycles. The van der Waals surface area contributed by atoms with Crippen LogP contribution in [-0.2, 0) is 0 Å². The first-order valence-corrected chi connectivity index (χ1v) is 7.76. The first kappa shape index (κ1) is 15.7. The van der Waals surface area contributed by atoms with E-state index in [-0.39, 0.29) is 17.2 Å². The summed E-state index contributed by atoms with van der Waals surface area (Å²) in [4.78, 5) is 12.1. The molecule has 1 aliphatic rings. The monoisotopic (exact) mass is 291 g/mol. The van der Waals surface area contributed by atoms with Crippen molar-refractivity contribution in [2.75, 3.05) is 13.7 Å². The number of rotatable bonds is 5. The molecular formula is C17H25NO3. The Morgan fingerprint density at radius 1 is 1.33 bits per heavy atom. The van der Waals surface area contributed by atoms with Crippen LogP contribution < -0.4 is 10.1 Å². The lowest BCUT2D eigenvalue weighted by molar-refractivity contribution is 0.0946. The smallest absolute Gasteiger partial charge is 0.255 e. The van der Waals surface area contributed by atoms with Crippen LogP contribution in [0.25, 0.3) is 0 Å².